The van der Waals surface area contributed by atoms with E-state index in [4.69, 9.17) is 4.42 Å². The first-order chi connectivity index (χ1) is 9.24. The van der Waals surface area contributed by atoms with Crippen molar-refractivity contribution in [1.82, 2.24) is 20.2 Å². The molecule has 0 atom stereocenters. The molecular weight excluding hydrogens is 240 g/mol. The van der Waals surface area contributed by atoms with Gasteiger partial charge in [-0.2, -0.15) is 0 Å². The van der Waals surface area contributed by atoms with E-state index in [0.29, 0.717) is 17.7 Å². The number of nitrogens with one attached hydrogen (secondary N) is 1. The number of rotatable bonds is 4. The van der Waals surface area contributed by atoms with Gasteiger partial charge in [0, 0.05) is 24.2 Å². The standard InChI is InChI=1S/C14H16N4O/c1-9(2)3-4-12-17-18-14(19-12)11-6-8-16-13-10(11)5-7-15-13/h5-9H,3-4H2,1-2H3,(H,15,16). The van der Waals surface area contributed by atoms with E-state index in [1.165, 1.54) is 0 Å². The topological polar surface area (TPSA) is 67.6 Å². The highest BCUT2D eigenvalue weighted by molar-refractivity contribution is 5.90. The third-order valence-electron chi connectivity index (χ3n) is 3.09. The average molecular weight is 256 g/mol. The lowest BCUT2D eigenvalue weighted by molar-refractivity contribution is 0.470. The Bertz CT molecular complexity index is 683. The second-order valence-electron chi connectivity index (χ2n) is 5.03. The molecule has 3 aromatic heterocycles. The Labute approximate surface area is 111 Å². The van der Waals surface area contributed by atoms with Gasteiger partial charge in [-0.25, -0.2) is 4.98 Å². The maximum absolute atomic E-state index is 5.73. The van der Waals surface area contributed by atoms with Crippen molar-refractivity contribution in [2.75, 3.05) is 0 Å². The molecule has 3 rings (SSSR count). The van der Waals surface area contributed by atoms with Crippen LogP contribution in [0.15, 0.2) is 28.9 Å². The number of hydrogen-bond acceptors (Lipinski definition) is 4. The summed E-state index contributed by atoms with van der Waals surface area (Å²) in [7, 11) is 0. The maximum atomic E-state index is 5.73. The van der Waals surface area contributed by atoms with Gasteiger partial charge in [-0.05, 0) is 24.5 Å². The summed E-state index contributed by atoms with van der Waals surface area (Å²) in [4.78, 5) is 7.32. The fraction of sp³-hybridized carbons (Fsp3) is 0.357. The molecule has 0 amide bonds. The molecule has 0 aliphatic carbocycles. The molecule has 0 aliphatic heterocycles. The molecule has 3 aromatic rings. The van der Waals surface area contributed by atoms with Crippen LogP contribution in [-0.4, -0.2) is 20.2 Å². The van der Waals surface area contributed by atoms with Crippen LogP contribution in [0, 0.1) is 5.92 Å². The van der Waals surface area contributed by atoms with Crippen LogP contribution in [0.2, 0.25) is 0 Å². The van der Waals surface area contributed by atoms with E-state index in [1.807, 2.05) is 18.3 Å². The number of aromatic nitrogens is 4. The van der Waals surface area contributed by atoms with Crippen molar-refractivity contribution in [3.63, 3.8) is 0 Å². The van der Waals surface area contributed by atoms with Crippen molar-refractivity contribution < 1.29 is 4.42 Å². The van der Waals surface area contributed by atoms with Crippen LogP contribution in [0.25, 0.3) is 22.5 Å². The zero-order valence-electron chi connectivity index (χ0n) is 11.1. The fourth-order valence-corrected chi connectivity index (χ4v) is 2.02. The van der Waals surface area contributed by atoms with Crippen molar-refractivity contribution in [2.24, 2.45) is 5.92 Å². The van der Waals surface area contributed by atoms with Crippen LogP contribution >= 0.6 is 0 Å². The maximum Gasteiger partial charge on any atom is 0.248 e. The molecule has 0 radical (unpaired) electrons. The Balaban J connectivity index is 1.92. The monoisotopic (exact) mass is 256 g/mol. The lowest BCUT2D eigenvalue weighted by atomic mass is 10.1. The number of pyridine rings is 1. The number of hydrogen-bond donors (Lipinski definition) is 1. The predicted octanol–water partition coefficient (Wildman–Crippen LogP) is 3.20. The summed E-state index contributed by atoms with van der Waals surface area (Å²) in [6, 6.07) is 3.87. The highest BCUT2D eigenvalue weighted by Gasteiger charge is 2.12. The quantitative estimate of drug-likeness (QED) is 0.778. The van der Waals surface area contributed by atoms with Crippen molar-refractivity contribution in [3.8, 4) is 11.5 Å². The van der Waals surface area contributed by atoms with Crippen LogP contribution in [0.5, 0.6) is 0 Å². The molecule has 5 heteroatoms. The molecule has 98 valence electrons. The molecule has 0 saturated heterocycles. The van der Waals surface area contributed by atoms with E-state index in [-0.39, 0.29) is 0 Å². The van der Waals surface area contributed by atoms with Gasteiger partial charge in [0.15, 0.2) is 0 Å². The predicted molar refractivity (Wildman–Crippen MR) is 72.5 cm³/mol. The van der Waals surface area contributed by atoms with Gasteiger partial charge in [0.05, 0.1) is 5.56 Å². The smallest absolute Gasteiger partial charge is 0.248 e. The van der Waals surface area contributed by atoms with Gasteiger partial charge in [-0.3, -0.25) is 0 Å². The number of H-pyrrole nitrogens is 1. The van der Waals surface area contributed by atoms with Crippen LogP contribution in [-0.2, 0) is 6.42 Å². The zero-order valence-corrected chi connectivity index (χ0v) is 11.1. The molecule has 19 heavy (non-hydrogen) atoms. The van der Waals surface area contributed by atoms with E-state index in [1.54, 1.807) is 6.20 Å². The number of aryl methyl sites for hydroxylation is 1. The van der Waals surface area contributed by atoms with E-state index >= 15 is 0 Å². The fourth-order valence-electron chi connectivity index (χ4n) is 2.02. The SMILES string of the molecule is CC(C)CCc1nnc(-c2ccnc3[nH]ccc23)o1. The summed E-state index contributed by atoms with van der Waals surface area (Å²) >= 11 is 0. The molecule has 0 aromatic carbocycles. The summed E-state index contributed by atoms with van der Waals surface area (Å²) in [5.74, 6) is 1.89. The molecule has 0 fully saturated rings. The van der Waals surface area contributed by atoms with Crippen molar-refractivity contribution in [3.05, 3.63) is 30.4 Å². The Morgan fingerprint density at radius 1 is 1.26 bits per heavy atom. The lowest BCUT2D eigenvalue weighted by Gasteiger charge is -1.99. The highest BCUT2D eigenvalue weighted by Crippen LogP contribution is 2.26. The van der Waals surface area contributed by atoms with Gasteiger partial charge in [0.1, 0.15) is 5.65 Å². The number of aromatic amines is 1. The first-order valence-corrected chi connectivity index (χ1v) is 6.49. The molecule has 0 saturated carbocycles. The van der Waals surface area contributed by atoms with Crippen molar-refractivity contribution in [1.29, 1.82) is 0 Å². The third kappa shape index (κ3) is 2.36. The summed E-state index contributed by atoms with van der Waals surface area (Å²) in [5, 5.41) is 9.25. The Morgan fingerprint density at radius 3 is 3.00 bits per heavy atom. The van der Waals surface area contributed by atoms with Crippen LogP contribution < -0.4 is 0 Å². The van der Waals surface area contributed by atoms with Crippen molar-refractivity contribution in [2.45, 2.75) is 26.7 Å². The Kier molecular flexibility index (Phi) is 3.03. The minimum atomic E-state index is 0.561. The molecule has 5 nitrogen and oxygen atoms in total. The summed E-state index contributed by atoms with van der Waals surface area (Å²) in [5.41, 5.74) is 1.76. The summed E-state index contributed by atoms with van der Waals surface area (Å²) in [6.45, 7) is 4.37. The first kappa shape index (κ1) is 11.9. The Morgan fingerprint density at radius 2 is 2.16 bits per heavy atom. The van der Waals surface area contributed by atoms with Gasteiger partial charge in [-0.1, -0.05) is 13.8 Å². The van der Waals surface area contributed by atoms with Crippen molar-refractivity contribution >= 4 is 11.0 Å². The number of nitrogens with zero attached hydrogens (tertiary/aromatic N) is 3. The third-order valence-corrected chi connectivity index (χ3v) is 3.09. The molecule has 1 N–H and O–H groups in total. The Hall–Kier alpha value is -2.17. The van der Waals surface area contributed by atoms with Gasteiger partial charge in [-0.15, -0.1) is 10.2 Å². The largest absolute Gasteiger partial charge is 0.421 e. The molecule has 0 bridgehead atoms. The highest BCUT2D eigenvalue weighted by atomic mass is 16.4. The van der Waals surface area contributed by atoms with E-state index in [2.05, 4.69) is 34.0 Å². The minimum Gasteiger partial charge on any atom is -0.421 e. The molecular formula is C14H16N4O. The molecule has 0 spiro atoms. The summed E-state index contributed by atoms with van der Waals surface area (Å²) < 4.78 is 5.73. The van der Waals surface area contributed by atoms with Crippen LogP contribution in [0.4, 0.5) is 0 Å². The normalized spacial score (nSPS) is 11.5. The number of fused-ring (bicyclic) bond motifs is 1. The molecule has 0 aliphatic rings. The second-order valence-corrected chi connectivity index (χ2v) is 5.03. The minimum absolute atomic E-state index is 0.561. The second kappa shape index (κ2) is 4.84. The van der Waals surface area contributed by atoms with Gasteiger partial charge in [0.25, 0.3) is 0 Å². The molecule has 0 unspecified atom stereocenters. The first-order valence-electron chi connectivity index (χ1n) is 6.49. The van der Waals surface area contributed by atoms with E-state index in [9.17, 15) is 0 Å². The van der Waals surface area contributed by atoms with E-state index in [0.717, 1.165) is 29.4 Å². The average Bonchev–Trinajstić information content (AvgIpc) is 3.04. The molecule has 3 heterocycles. The van der Waals surface area contributed by atoms with Crippen LogP contribution in [0.3, 0.4) is 0 Å². The zero-order chi connectivity index (χ0) is 13.2. The van der Waals surface area contributed by atoms with Gasteiger partial charge >= 0.3 is 0 Å². The summed E-state index contributed by atoms with van der Waals surface area (Å²) in [6.07, 6.45) is 5.48. The van der Waals surface area contributed by atoms with Gasteiger partial charge in [0.2, 0.25) is 11.8 Å². The lowest BCUT2D eigenvalue weighted by Crippen LogP contribution is -1.91. The van der Waals surface area contributed by atoms with Gasteiger partial charge < -0.3 is 9.40 Å². The van der Waals surface area contributed by atoms with Crippen LogP contribution in [0.1, 0.15) is 26.2 Å². The van der Waals surface area contributed by atoms with E-state index < -0.39 is 0 Å².